The predicted molar refractivity (Wildman–Crippen MR) is 94.8 cm³/mol. The van der Waals surface area contributed by atoms with Crippen LogP contribution in [0.5, 0.6) is 11.5 Å². The van der Waals surface area contributed by atoms with Crippen molar-refractivity contribution in [2.75, 3.05) is 27.4 Å². The molecule has 3 rings (SSSR count). The van der Waals surface area contributed by atoms with Crippen LogP contribution in [0.4, 0.5) is 0 Å². The van der Waals surface area contributed by atoms with E-state index in [-0.39, 0.29) is 5.91 Å². The molecule has 0 unspecified atom stereocenters. The molecule has 0 aromatic heterocycles. The Labute approximate surface area is 148 Å². The minimum absolute atomic E-state index is 0.0961. The van der Waals surface area contributed by atoms with Crippen LogP contribution in [0.25, 0.3) is 0 Å². The summed E-state index contributed by atoms with van der Waals surface area (Å²) in [5.74, 6) is 1.73. The van der Waals surface area contributed by atoms with Crippen LogP contribution in [-0.4, -0.2) is 38.2 Å². The normalized spacial score (nSPS) is 13.6. The van der Waals surface area contributed by atoms with Crippen molar-refractivity contribution in [2.45, 2.75) is 19.6 Å². The molecule has 132 valence electrons. The van der Waals surface area contributed by atoms with E-state index < -0.39 is 0 Å². The van der Waals surface area contributed by atoms with Gasteiger partial charge in [-0.05, 0) is 35.4 Å². The minimum atomic E-state index is 0.0961. The first-order valence-electron chi connectivity index (χ1n) is 8.34. The molecule has 0 bridgehead atoms. The zero-order valence-corrected chi connectivity index (χ0v) is 14.7. The van der Waals surface area contributed by atoms with Gasteiger partial charge in [0.05, 0.1) is 26.7 Å². The van der Waals surface area contributed by atoms with Crippen molar-refractivity contribution < 1.29 is 19.0 Å². The van der Waals surface area contributed by atoms with Gasteiger partial charge in [-0.1, -0.05) is 18.2 Å². The Balaban J connectivity index is 1.71. The highest BCUT2D eigenvalue weighted by Gasteiger charge is 2.20. The smallest absolute Gasteiger partial charge is 0.227 e. The summed E-state index contributed by atoms with van der Waals surface area (Å²) < 4.78 is 16.1. The van der Waals surface area contributed by atoms with Crippen molar-refractivity contribution >= 4 is 5.91 Å². The monoisotopic (exact) mass is 341 g/mol. The largest absolute Gasteiger partial charge is 0.497 e. The molecule has 0 N–H and O–H groups in total. The van der Waals surface area contributed by atoms with Gasteiger partial charge in [0, 0.05) is 19.2 Å². The van der Waals surface area contributed by atoms with E-state index in [9.17, 15) is 4.79 Å². The number of amides is 1. The van der Waals surface area contributed by atoms with Crippen LogP contribution in [0.3, 0.4) is 0 Å². The molecule has 0 fully saturated rings. The maximum atomic E-state index is 12.7. The molecule has 1 aliphatic rings. The standard InChI is InChI=1S/C20H23NO4/c1-23-14-16-5-8-19-17(11-16)13-21(9-10-25-19)20(22)12-15-3-6-18(24-2)7-4-15/h3-8,11H,9-10,12-14H2,1-2H3. The molecule has 0 atom stereocenters. The van der Waals surface area contributed by atoms with E-state index in [1.807, 2.05) is 41.3 Å². The van der Waals surface area contributed by atoms with Crippen molar-refractivity contribution in [3.05, 3.63) is 59.2 Å². The van der Waals surface area contributed by atoms with E-state index in [1.165, 1.54) is 0 Å². The van der Waals surface area contributed by atoms with Crippen molar-refractivity contribution in [1.29, 1.82) is 0 Å². The SMILES string of the molecule is COCc1ccc2c(c1)CN(C(=O)Cc1ccc(OC)cc1)CCO2. The third kappa shape index (κ3) is 4.31. The average Bonchev–Trinajstić information content (AvgIpc) is 2.84. The second-order valence-electron chi connectivity index (χ2n) is 6.06. The highest BCUT2D eigenvalue weighted by Crippen LogP contribution is 2.25. The van der Waals surface area contributed by atoms with Gasteiger partial charge in [-0.25, -0.2) is 0 Å². The lowest BCUT2D eigenvalue weighted by Crippen LogP contribution is -2.33. The first-order chi connectivity index (χ1) is 12.2. The van der Waals surface area contributed by atoms with Crippen molar-refractivity contribution in [3.63, 3.8) is 0 Å². The first-order valence-corrected chi connectivity index (χ1v) is 8.34. The number of fused-ring (bicyclic) bond motifs is 1. The number of hydrogen-bond acceptors (Lipinski definition) is 4. The lowest BCUT2D eigenvalue weighted by molar-refractivity contribution is -0.131. The third-order valence-electron chi connectivity index (χ3n) is 4.28. The molecule has 1 amide bonds. The summed E-state index contributed by atoms with van der Waals surface area (Å²) in [4.78, 5) is 14.6. The van der Waals surface area contributed by atoms with E-state index in [0.717, 1.165) is 28.2 Å². The van der Waals surface area contributed by atoms with Gasteiger partial charge < -0.3 is 19.1 Å². The Morgan fingerprint density at radius 2 is 1.88 bits per heavy atom. The molecule has 2 aromatic carbocycles. The van der Waals surface area contributed by atoms with E-state index in [0.29, 0.717) is 32.7 Å². The molecular weight excluding hydrogens is 318 g/mol. The molecule has 0 saturated carbocycles. The maximum absolute atomic E-state index is 12.7. The molecule has 0 aliphatic carbocycles. The number of hydrogen-bond donors (Lipinski definition) is 0. The zero-order valence-electron chi connectivity index (χ0n) is 14.7. The number of benzene rings is 2. The number of rotatable bonds is 5. The Bertz CT molecular complexity index is 727. The molecule has 0 saturated heterocycles. The van der Waals surface area contributed by atoms with Crippen LogP contribution in [0.1, 0.15) is 16.7 Å². The molecule has 2 aromatic rings. The molecule has 1 heterocycles. The molecule has 5 nitrogen and oxygen atoms in total. The minimum Gasteiger partial charge on any atom is -0.497 e. The fraction of sp³-hybridized carbons (Fsp3) is 0.350. The third-order valence-corrected chi connectivity index (χ3v) is 4.28. The van der Waals surface area contributed by atoms with Crippen LogP contribution in [0, 0.1) is 0 Å². The average molecular weight is 341 g/mol. The van der Waals surface area contributed by atoms with E-state index in [2.05, 4.69) is 6.07 Å². The quantitative estimate of drug-likeness (QED) is 0.839. The van der Waals surface area contributed by atoms with Gasteiger partial charge in [0.15, 0.2) is 0 Å². The highest BCUT2D eigenvalue weighted by atomic mass is 16.5. The Morgan fingerprint density at radius 1 is 1.12 bits per heavy atom. The first kappa shape index (κ1) is 17.3. The number of carbonyl (C=O) groups is 1. The maximum Gasteiger partial charge on any atom is 0.227 e. The van der Waals surface area contributed by atoms with E-state index in [1.54, 1.807) is 14.2 Å². The van der Waals surface area contributed by atoms with Gasteiger partial charge in [-0.15, -0.1) is 0 Å². The second-order valence-corrected chi connectivity index (χ2v) is 6.06. The summed E-state index contributed by atoms with van der Waals surface area (Å²) in [7, 11) is 3.31. The van der Waals surface area contributed by atoms with Gasteiger partial charge in [0.25, 0.3) is 0 Å². The highest BCUT2D eigenvalue weighted by molar-refractivity contribution is 5.79. The Morgan fingerprint density at radius 3 is 2.60 bits per heavy atom. The van der Waals surface area contributed by atoms with Crippen LogP contribution in [0.2, 0.25) is 0 Å². The molecule has 25 heavy (non-hydrogen) atoms. The molecule has 0 radical (unpaired) electrons. The Kier molecular flexibility index (Phi) is 5.56. The van der Waals surface area contributed by atoms with Gasteiger partial charge in [-0.3, -0.25) is 4.79 Å². The summed E-state index contributed by atoms with van der Waals surface area (Å²) in [5, 5.41) is 0. The van der Waals surface area contributed by atoms with Gasteiger partial charge in [0.1, 0.15) is 18.1 Å². The van der Waals surface area contributed by atoms with Crippen molar-refractivity contribution in [3.8, 4) is 11.5 Å². The molecular formula is C20H23NO4. The van der Waals surface area contributed by atoms with Crippen LogP contribution < -0.4 is 9.47 Å². The number of methoxy groups -OCH3 is 2. The fourth-order valence-electron chi connectivity index (χ4n) is 2.95. The van der Waals surface area contributed by atoms with Crippen LogP contribution in [-0.2, 0) is 29.1 Å². The molecule has 1 aliphatic heterocycles. The molecule has 5 heteroatoms. The lowest BCUT2D eigenvalue weighted by Gasteiger charge is -2.20. The summed E-state index contributed by atoms with van der Waals surface area (Å²) in [6.45, 7) is 2.20. The summed E-state index contributed by atoms with van der Waals surface area (Å²) in [5.41, 5.74) is 3.08. The Hall–Kier alpha value is -2.53. The summed E-state index contributed by atoms with van der Waals surface area (Å²) >= 11 is 0. The van der Waals surface area contributed by atoms with Crippen molar-refractivity contribution in [2.24, 2.45) is 0 Å². The zero-order chi connectivity index (χ0) is 17.6. The predicted octanol–water partition coefficient (Wildman–Crippen LogP) is 2.81. The van der Waals surface area contributed by atoms with Crippen LogP contribution >= 0.6 is 0 Å². The molecule has 0 spiro atoms. The van der Waals surface area contributed by atoms with E-state index in [4.69, 9.17) is 14.2 Å². The van der Waals surface area contributed by atoms with Gasteiger partial charge in [-0.2, -0.15) is 0 Å². The fourth-order valence-corrected chi connectivity index (χ4v) is 2.95. The number of nitrogens with zero attached hydrogens (tertiary/aromatic N) is 1. The van der Waals surface area contributed by atoms with Gasteiger partial charge in [0.2, 0.25) is 5.91 Å². The summed E-state index contributed by atoms with van der Waals surface area (Å²) in [6.07, 6.45) is 0.372. The topological polar surface area (TPSA) is 48.0 Å². The number of ether oxygens (including phenoxy) is 3. The van der Waals surface area contributed by atoms with Crippen molar-refractivity contribution in [1.82, 2.24) is 4.90 Å². The van der Waals surface area contributed by atoms with Gasteiger partial charge >= 0.3 is 0 Å². The number of carbonyl (C=O) groups excluding carboxylic acids is 1. The van der Waals surface area contributed by atoms with E-state index >= 15 is 0 Å². The second kappa shape index (κ2) is 8.03. The van der Waals surface area contributed by atoms with Crippen LogP contribution in [0.15, 0.2) is 42.5 Å². The summed E-state index contributed by atoms with van der Waals surface area (Å²) in [6, 6.07) is 13.6. The lowest BCUT2D eigenvalue weighted by atomic mass is 10.1.